The summed E-state index contributed by atoms with van der Waals surface area (Å²) in [6.07, 6.45) is 0. The molecule has 0 amide bonds. The van der Waals surface area contributed by atoms with Crippen molar-refractivity contribution in [3.05, 3.63) is 29.3 Å². The first-order chi connectivity index (χ1) is 6.18. The van der Waals surface area contributed by atoms with Gasteiger partial charge in [0.1, 0.15) is 5.75 Å². The quantitative estimate of drug-likeness (QED) is 0.710. The predicted molar refractivity (Wildman–Crippen MR) is 53.1 cm³/mol. The van der Waals surface area contributed by atoms with E-state index in [9.17, 15) is 0 Å². The minimum Gasteiger partial charge on any atom is -0.493 e. The summed E-state index contributed by atoms with van der Waals surface area (Å²) in [5.74, 6) is 1.38. The Kier molecular flexibility index (Phi) is 2.00. The van der Waals surface area contributed by atoms with E-state index in [2.05, 4.69) is 19.1 Å². The SMILES string of the molecule is Cc1ccc2c(c1)C(C(C)N)CO2. The summed E-state index contributed by atoms with van der Waals surface area (Å²) in [4.78, 5) is 0. The first-order valence-corrected chi connectivity index (χ1v) is 4.67. The van der Waals surface area contributed by atoms with Crippen molar-refractivity contribution < 1.29 is 4.74 Å². The van der Waals surface area contributed by atoms with Crippen LogP contribution in [0, 0.1) is 6.92 Å². The fourth-order valence-electron chi connectivity index (χ4n) is 1.79. The van der Waals surface area contributed by atoms with Crippen molar-refractivity contribution >= 4 is 0 Å². The van der Waals surface area contributed by atoms with Crippen molar-refractivity contribution in [3.63, 3.8) is 0 Å². The van der Waals surface area contributed by atoms with E-state index in [0.29, 0.717) is 5.92 Å². The molecule has 2 unspecified atom stereocenters. The lowest BCUT2D eigenvalue weighted by molar-refractivity contribution is 0.318. The molecule has 1 aliphatic rings. The van der Waals surface area contributed by atoms with E-state index in [4.69, 9.17) is 10.5 Å². The number of benzene rings is 1. The van der Waals surface area contributed by atoms with Crippen molar-refractivity contribution in [2.45, 2.75) is 25.8 Å². The maximum absolute atomic E-state index is 5.88. The minimum absolute atomic E-state index is 0.169. The van der Waals surface area contributed by atoms with Gasteiger partial charge < -0.3 is 10.5 Å². The normalized spacial score (nSPS) is 22.2. The second-order valence-electron chi connectivity index (χ2n) is 3.82. The van der Waals surface area contributed by atoms with Crippen LogP contribution in [0.5, 0.6) is 5.75 Å². The van der Waals surface area contributed by atoms with Gasteiger partial charge in [0.05, 0.1) is 6.61 Å². The highest BCUT2D eigenvalue weighted by Crippen LogP contribution is 2.35. The van der Waals surface area contributed by atoms with Gasteiger partial charge in [0.25, 0.3) is 0 Å². The van der Waals surface area contributed by atoms with Crippen LogP contribution in [0.25, 0.3) is 0 Å². The molecule has 1 aromatic rings. The summed E-state index contributed by atoms with van der Waals surface area (Å²) < 4.78 is 5.55. The molecule has 1 aliphatic heterocycles. The van der Waals surface area contributed by atoms with Crippen LogP contribution in [0.1, 0.15) is 24.0 Å². The highest BCUT2D eigenvalue weighted by atomic mass is 16.5. The number of aryl methyl sites for hydroxylation is 1. The Balaban J connectivity index is 2.40. The summed E-state index contributed by atoms with van der Waals surface area (Å²) in [6.45, 7) is 4.86. The second kappa shape index (κ2) is 3.04. The zero-order valence-electron chi connectivity index (χ0n) is 8.08. The summed E-state index contributed by atoms with van der Waals surface area (Å²) in [5, 5.41) is 0. The third kappa shape index (κ3) is 1.42. The lowest BCUT2D eigenvalue weighted by atomic mass is 9.94. The molecule has 2 nitrogen and oxygen atoms in total. The van der Waals surface area contributed by atoms with E-state index in [1.807, 2.05) is 13.0 Å². The number of nitrogens with two attached hydrogens (primary N) is 1. The van der Waals surface area contributed by atoms with Crippen LogP contribution in [0.4, 0.5) is 0 Å². The molecule has 0 aliphatic carbocycles. The van der Waals surface area contributed by atoms with E-state index in [1.54, 1.807) is 0 Å². The van der Waals surface area contributed by atoms with Crippen LogP contribution in [-0.2, 0) is 0 Å². The molecule has 0 aromatic heterocycles. The van der Waals surface area contributed by atoms with Crippen LogP contribution < -0.4 is 10.5 Å². The van der Waals surface area contributed by atoms with Gasteiger partial charge in [-0.15, -0.1) is 0 Å². The van der Waals surface area contributed by atoms with Crippen molar-refractivity contribution in [1.29, 1.82) is 0 Å². The Morgan fingerprint density at radius 1 is 1.54 bits per heavy atom. The molecule has 0 fully saturated rings. The van der Waals surface area contributed by atoms with Crippen molar-refractivity contribution in [3.8, 4) is 5.75 Å². The summed E-state index contributed by atoms with van der Waals surface area (Å²) in [6, 6.07) is 6.45. The monoisotopic (exact) mass is 177 g/mol. The fraction of sp³-hybridized carbons (Fsp3) is 0.455. The van der Waals surface area contributed by atoms with E-state index < -0.39 is 0 Å². The molecule has 2 atom stereocenters. The Hall–Kier alpha value is -1.02. The van der Waals surface area contributed by atoms with E-state index in [-0.39, 0.29) is 6.04 Å². The molecule has 0 saturated heterocycles. The molecule has 2 rings (SSSR count). The number of ether oxygens (including phenoxy) is 1. The zero-order valence-corrected chi connectivity index (χ0v) is 8.08. The lowest BCUT2D eigenvalue weighted by Gasteiger charge is -2.12. The van der Waals surface area contributed by atoms with Crippen molar-refractivity contribution in [2.75, 3.05) is 6.61 Å². The van der Waals surface area contributed by atoms with Gasteiger partial charge in [0.15, 0.2) is 0 Å². The fourth-order valence-corrected chi connectivity index (χ4v) is 1.79. The molecule has 70 valence electrons. The maximum atomic E-state index is 5.88. The molecule has 0 saturated carbocycles. The molecule has 1 heterocycles. The molecule has 2 heteroatoms. The topological polar surface area (TPSA) is 35.2 Å². The molecule has 13 heavy (non-hydrogen) atoms. The second-order valence-corrected chi connectivity index (χ2v) is 3.82. The molecule has 0 bridgehead atoms. The van der Waals surface area contributed by atoms with E-state index in [0.717, 1.165) is 12.4 Å². The van der Waals surface area contributed by atoms with E-state index in [1.165, 1.54) is 11.1 Å². The van der Waals surface area contributed by atoms with Gasteiger partial charge in [-0.25, -0.2) is 0 Å². The van der Waals surface area contributed by atoms with Gasteiger partial charge in [-0.3, -0.25) is 0 Å². The van der Waals surface area contributed by atoms with Crippen LogP contribution in [0.3, 0.4) is 0 Å². The number of hydrogen-bond donors (Lipinski definition) is 1. The Bertz CT molecular complexity index is 320. The van der Waals surface area contributed by atoms with Gasteiger partial charge in [0, 0.05) is 17.5 Å². The first-order valence-electron chi connectivity index (χ1n) is 4.67. The molecule has 2 N–H and O–H groups in total. The molecular formula is C11H15NO. The highest BCUT2D eigenvalue weighted by Gasteiger charge is 2.26. The third-order valence-corrected chi connectivity index (χ3v) is 2.62. The van der Waals surface area contributed by atoms with Gasteiger partial charge in [-0.05, 0) is 19.9 Å². The number of hydrogen-bond acceptors (Lipinski definition) is 2. The van der Waals surface area contributed by atoms with Crippen molar-refractivity contribution in [2.24, 2.45) is 5.73 Å². The molecule has 0 spiro atoms. The Morgan fingerprint density at radius 2 is 2.31 bits per heavy atom. The van der Waals surface area contributed by atoms with Gasteiger partial charge in [-0.2, -0.15) is 0 Å². The summed E-state index contributed by atoms with van der Waals surface area (Å²) in [5.41, 5.74) is 8.43. The smallest absolute Gasteiger partial charge is 0.123 e. The third-order valence-electron chi connectivity index (χ3n) is 2.62. The number of fused-ring (bicyclic) bond motifs is 1. The standard InChI is InChI=1S/C11H15NO/c1-7-3-4-11-9(5-7)10(6-13-11)8(2)12/h3-5,8,10H,6,12H2,1-2H3. The summed E-state index contributed by atoms with van der Waals surface area (Å²) >= 11 is 0. The predicted octanol–water partition coefficient (Wildman–Crippen LogP) is 1.82. The van der Waals surface area contributed by atoms with Crippen LogP contribution in [0.2, 0.25) is 0 Å². The highest BCUT2D eigenvalue weighted by molar-refractivity contribution is 5.43. The van der Waals surface area contributed by atoms with Crippen LogP contribution >= 0.6 is 0 Å². The van der Waals surface area contributed by atoms with Crippen LogP contribution in [0.15, 0.2) is 18.2 Å². The van der Waals surface area contributed by atoms with Gasteiger partial charge in [-0.1, -0.05) is 17.7 Å². The molecular weight excluding hydrogens is 162 g/mol. The van der Waals surface area contributed by atoms with Crippen molar-refractivity contribution in [1.82, 2.24) is 0 Å². The number of rotatable bonds is 1. The van der Waals surface area contributed by atoms with Crippen LogP contribution in [-0.4, -0.2) is 12.6 Å². The average Bonchev–Trinajstić information content (AvgIpc) is 2.46. The maximum Gasteiger partial charge on any atom is 0.123 e. The first kappa shape index (κ1) is 8.57. The minimum atomic E-state index is 0.169. The van der Waals surface area contributed by atoms with E-state index >= 15 is 0 Å². The summed E-state index contributed by atoms with van der Waals surface area (Å²) in [7, 11) is 0. The van der Waals surface area contributed by atoms with Gasteiger partial charge in [0.2, 0.25) is 0 Å². The Labute approximate surface area is 78.7 Å². The lowest BCUT2D eigenvalue weighted by Crippen LogP contribution is -2.25. The molecule has 1 aromatic carbocycles. The van der Waals surface area contributed by atoms with Gasteiger partial charge >= 0.3 is 0 Å². The Morgan fingerprint density at radius 3 is 3.00 bits per heavy atom. The molecule has 0 radical (unpaired) electrons. The zero-order chi connectivity index (χ0) is 9.42. The average molecular weight is 177 g/mol. The largest absolute Gasteiger partial charge is 0.493 e.